The summed E-state index contributed by atoms with van der Waals surface area (Å²) in [6, 6.07) is 3.16. The Hall–Kier alpha value is -1.76. The normalized spacial score (nSPS) is 10.4. The highest BCUT2D eigenvalue weighted by molar-refractivity contribution is 7.13. The molecule has 0 aliphatic carbocycles. The van der Waals surface area contributed by atoms with Gasteiger partial charge in [0.1, 0.15) is 5.52 Å². The molecule has 0 N–H and O–H groups in total. The second-order valence-corrected chi connectivity index (χ2v) is 3.25. The van der Waals surface area contributed by atoms with Crippen molar-refractivity contribution < 1.29 is 9.66 Å². The standard InChI is InChI=1S/C7H5N3O3S/c1-13-5-3-2-4-7(14-9-8-4)6(5)10(11)12/h2-3H,1H3. The van der Waals surface area contributed by atoms with Gasteiger partial charge < -0.3 is 4.74 Å². The minimum atomic E-state index is -0.485. The summed E-state index contributed by atoms with van der Waals surface area (Å²) < 4.78 is 8.98. The van der Waals surface area contributed by atoms with E-state index in [-0.39, 0.29) is 11.4 Å². The molecule has 2 aromatic rings. The summed E-state index contributed by atoms with van der Waals surface area (Å²) in [7, 11) is 1.39. The number of hydrogen-bond donors (Lipinski definition) is 0. The van der Waals surface area contributed by atoms with Crippen LogP contribution in [0, 0.1) is 10.1 Å². The van der Waals surface area contributed by atoms with Gasteiger partial charge in [-0.3, -0.25) is 10.1 Å². The van der Waals surface area contributed by atoms with Crippen LogP contribution < -0.4 is 4.74 Å². The van der Waals surface area contributed by atoms with E-state index >= 15 is 0 Å². The minimum Gasteiger partial charge on any atom is -0.490 e. The largest absolute Gasteiger partial charge is 0.490 e. The van der Waals surface area contributed by atoms with Crippen molar-refractivity contribution >= 4 is 27.4 Å². The van der Waals surface area contributed by atoms with Crippen LogP contribution in [0.3, 0.4) is 0 Å². The number of nitrogens with zero attached hydrogens (tertiary/aromatic N) is 3. The molecule has 0 fully saturated rings. The minimum absolute atomic E-state index is 0.0694. The molecule has 0 aliphatic rings. The Morgan fingerprint density at radius 3 is 3.00 bits per heavy atom. The van der Waals surface area contributed by atoms with Crippen molar-refractivity contribution in [2.24, 2.45) is 0 Å². The fourth-order valence-corrected chi connectivity index (χ4v) is 1.83. The molecule has 6 nitrogen and oxygen atoms in total. The Kier molecular flexibility index (Phi) is 2.01. The van der Waals surface area contributed by atoms with Gasteiger partial charge in [0.25, 0.3) is 0 Å². The van der Waals surface area contributed by atoms with Crippen LogP contribution in [0.15, 0.2) is 12.1 Å². The van der Waals surface area contributed by atoms with Crippen LogP contribution in [-0.4, -0.2) is 21.6 Å². The molecular weight excluding hydrogens is 206 g/mol. The smallest absolute Gasteiger partial charge is 0.331 e. The van der Waals surface area contributed by atoms with E-state index in [1.54, 1.807) is 6.07 Å². The lowest BCUT2D eigenvalue weighted by Crippen LogP contribution is -1.93. The highest BCUT2D eigenvalue weighted by Crippen LogP contribution is 2.35. The molecule has 0 saturated carbocycles. The van der Waals surface area contributed by atoms with E-state index in [0.717, 1.165) is 11.5 Å². The van der Waals surface area contributed by atoms with Crippen molar-refractivity contribution in [1.82, 2.24) is 9.59 Å². The van der Waals surface area contributed by atoms with E-state index in [9.17, 15) is 10.1 Å². The number of nitro benzene ring substituents is 1. The number of aromatic nitrogens is 2. The Balaban J connectivity index is 2.82. The van der Waals surface area contributed by atoms with Crippen molar-refractivity contribution in [3.63, 3.8) is 0 Å². The number of fused-ring (bicyclic) bond motifs is 1. The Morgan fingerprint density at radius 1 is 1.57 bits per heavy atom. The molecule has 0 bridgehead atoms. The summed E-state index contributed by atoms with van der Waals surface area (Å²) in [4.78, 5) is 10.3. The molecular formula is C7H5N3O3S. The molecule has 0 unspecified atom stereocenters. The molecule has 1 aromatic heterocycles. The lowest BCUT2D eigenvalue weighted by atomic mass is 10.3. The summed E-state index contributed by atoms with van der Waals surface area (Å²) in [5, 5.41) is 14.5. The predicted molar refractivity (Wildman–Crippen MR) is 50.6 cm³/mol. The summed E-state index contributed by atoms with van der Waals surface area (Å²) >= 11 is 0.989. The van der Waals surface area contributed by atoms with Gasteiger partial charge >= 0.3 is 5.69 Å². The average molecular weight is 211 g/mol. The zero-order chi connectivity index (χ0) is 10.1. The average Bonchev–Trinajstić information content (AvgIpc) is 2.62. The SMILES string of the molecule is COc1ccc2nnsc2c1[N+](=O)[O-]. The van der Waals surface area contributed by atoms with Gasteiger partial charge in [0.15, 0.2) is 10.4 Å². The van der Waals surface area contributed by atoms with Gasteiger partial charge in [-0.05, 0) is 23.7 Å². The Morgan fingerprint density at radius 2 is 2.36 bits per heavy atom. The summed E-state index contributed by atoms with van der Waals surface area (Å²) in [6.45, 7) is 0. The first-order chi connectivity index (χ1) is 6.74. The van der Waals surface area contributed by atoms with Crippen molar-refractivity contribution in [2.45, 2.75) is 0 Å². The van der Waals surface area contributed by atoms with Gasteiger partial charge in [0.05, 0.1) is 12.0 Å². The third-order valence-corrected chi connectivity index (χ3v) is 2.51. The van der Waals surface area contributed by atoms with Gasteiger partial charge in [-0.15, -0.1) is 5.10 Å². The van der Waals surface area contributed by atoms with Crippen molar-refractivity contribution in [3.05, 3.63) is 22.2 Å². The van der Waals surface area contributed by atoms with Gasteiger partial charge in [-0.1, -0.05) is 4.49 Å². The molecule has 14 heavy (non-hydrogen) atoms. The first-order valence-electron chi connectivity index (χ1n) is 3.67. The fraction of sp³-hybridized carbons (Fsp3) is 0.143. The van der Waals surface area contributed by atoms with Crippen molar-refractivity contribution in [3.8, 4) is 5.75 Å². The lowest BCUT2D eigenvalue weighted by molar-refractivity contribution is -0.383. The van der Waals surface area contributed by atoms with Crippen LogP contribution >= 0.6 is 11.5 Å². The summed E-state index contributed by atoms with van der Waals surface area (Å²) in [5.41, 5.74) is 0.447. The number of nitro groups is 1. The van der Waals surface area contributed by atoms with Crippen LogP contribution in [0.25, 0.3) is 10.2 Å². The van der Waals surface area contributed by atoms with E-state index in [4.69, 9.17) is 4.74 Å². The molecule has 0 amide bonds. The lowest BCUT2D eigenvalue weighted by Gasteiger charge is -1.99. The maximum absolute atomic E-state index is 10.8. The van der Waals surface area contributed by atoms with E-state index < -0.39 is 4.92 Å². The van der Waals surface area contributed by atoms with Crippen LogP contribution in [0.1, 0.15) is 0 Å². The number of methoxy groups -OCH3 is 1. The van der Waals surface area contributed by atoms with Crippen molar-refractivity contribution in [1.29, 1.82) is 0 Å². The van der Waals surface area contributed by atoms with Gasteiger partial charge in [-0.25, -0.2) is 0 Å². The predicted octanol–water partition coefficient (Wildman–Crippen LogP) is 1.61. The number of rotatable bonds is 2. The van der Waals surface area contributed by atoms with Crippen LogP contribution in [0.4, 0.5) is 5.69 Å². The van der Waals surface area contributed by atoms with Gasteiger partial charge in [0, 0.05) is 0 Å². The van der Waals surface area contributed by atoms with Crippen LogP contribution in [-0.2, 0) is 0 Å². The highest BCUT2D eigenvalue weighted by atomic mass is 32.1. The van der Waals surface area contributed by atoms with E-state index in [1.807, 2.05) is 0 Å². The molecule has 1 aromatic carbocycles. The van der Waals surface area contributed by atoms with Crippen LogP contribution in [0.5, 0.6) is 5.75 Å². The van der Waals surface area contributed by atoms with Gasteiger partial charge in [-0.2, -0.15) is 0 Å². The third-order valence-electron chi connectivity index (χ3n) is 1.76. The quantitative estimate of drug-likeness (QED) is 0.557. The van der Waals surface area contributed by atoms with Gasteiger partial charge in [0.2, 0.25) is 0 Å². The number of hydrogen-bond acceptors (Lipinski definition) is 6. The van der Waals surface area contributed by atoms with Crippen molar-refractivity contribution in [2.75, 3.05) is 7.11 Å². The van der Waals surface area contributed by atoms with E-state index in [2.05, 4.69) is 9.59 Å². The molecule has 0 aliphatic heterocycles. The summed E-state index contributed by atoms with van der Waals surface area (Å²) in [5.74, 6) is 0.230. The molecule has 7 heteroatoms. The van der Waals surface area contributed by atoms with E-state index in [1.165, 1.54) is 13.2 Å². The molecule has 0 spiro atoms. The molecule has 0 atom stereocenters. The fourth-order valence-electron chi connectivity index (χ4n) is 1.15. The molecule has 0 radical (unpaired) electrons. The second kappa shape index (κ2) is 3.18. The first kappa shape index (κ1) is 8.82. The zero-order valence-electron chi connectivity index (χ0n) is 7.13. The molecule has 72 valence electrons. The molecule has 1 heterocycles. The first-order valence-corrected chi connectivity index (χ1v) is 4.45. The third kappa shape index (κ3) is 1.18. The maximum Gasteiger partial charge on any atom is 0.331 e. The Labute approximate surface area is 82.4 Å². The highest BCUT2D eigenvalue weighted by Gasteiger charge is 2.21. The van der Waals surface area contributed by atoms with Crippen LogP contribution in [0.2, 0.25) is 0 Å². The monoisotopic (exact) mass is 211 g/mol. The second-order valence-electron chi connectivity index (χ2n) is 2.49. The topological polar surface area (TPSA) is 78.2 Å². The Bertz CT molecular complexity index is 496. The van der Waals surface area contributed by atoms with E-state index in [0.29, 0.717) is 10.2 Å². The zero-order valence-corrected chi connectivity index (χ0v) is 7.95. The molecule has 2 rings (SSSR count). The maximum atomic E-state index is 10.8. The number of ether oxygens (including phenoxy) is 1. The molecule has 0 saturated heterocycles. The summed E-state index contributed by atoms with van der Waals surface area (Å²) in [6.07, 6.45) is 0. The number of benzene rings is 1.